The van der Waals surface area contributed by atoms with Crippen molar-refractivity contribution in [3.63, 3.8) is 0 Å². The van der Waals surface area contributed by atoms with Crippen LogP contribution in [0.3, 0.4) is 0 Å². The first kappa shape index (κ1) is 10.4. The van der Waals surface area contributed by atoms with Gasteiger partial charge in [-0.3, -0.25) is 4.79 Å². The maximum absolute atomic E-state index is 13.4. The highest BCUT2D eigenvalue weighted by Crippen LogP contribution is 2.18. The molecular formula is C10H9ClFNO2. The summed E-state index contributed by atoms with van der Waals surface area (Å²) in [6, 6.07) is 4.32. The third-order valence-corrected chi connectivity index (χ3v) is 2.46. The minimum atomic E-state index is -0.683. The van der Waals surface area contributed by atoms with E-state index >= 15 is 0 Å². The molecule has 1 aromatic carbocycles. The molecule has 5 heteroatoms. The van der Waals surface area contributed by atoms with Gasteiger partial charge in [-0.25, -0.2) is 4.39 Å². The Labute approximate surface area is 91.2 Å². The molecule has 1 heterocycles. The highest BCUT2D eigenvalue weighted by Gasteiger charge is 2.22. The number of rotatable bonds is 2. The van der Waals surface area contributed by atoms with Crippen molar-refractivity contribution in [1.82, 2.24) is 5.32 Å². The third-order valence-electron chi connectivity index (χ3n) is 2.17. The molecule has 0 unspecified atom stereocenters. The lowest BCUT2D eigenvalue weighted by Gasteiger charge is -2.26. The summed E-state index contributed by atoms with van der Waals surface area (Å²) in [5, 5.41) is 2.59. The molecule has 15 heavy (non-hydrogen) atoms. The van der Waals surface area contributed by atoms with E-state index in [9.17, 15) is 9.18 Å². The molecular weight excluding hydrogens is 221 g/mol. The number of amides is 1. The van der Waals surface area contributed by atoms with Crippen molar-refractivity contribution in [3.8, 4) is 0 Å². The summed E-state index contributed by atoms with van der Waals surface area (Å²) in [7, 11) is 0. The lowest BCUT2D eigenvalue weighted by Crippen LogP contribution is -2.48. The predicted octanol–water partition coefficient (Wildman–Crippen LogP) is 1.61. The molecule has 0 spiro atoms. The Morgan fingerprint density at radius 1 is 1.53 bits per heavy atom. The van der Waals surface area contributed by atoms with Crippen LogP contribution in [-0.4, -0.2) is 25.2 Å². The van der Waals surface area contributed by atoms with Gasteiger partial charge in [0.25, 0.3) is 5.91 Å². The van der Waals surface area contributed by atoms with Crippen molar-refractivity contribution < 1.29 is 13.9 Å². The van der Waals surface area contributed by atoms with Gasteiger partial charge in [0.2, 0.25) is 0 Å². The number of carbonyl (C=O) groups is 1. The molecule has 1 amide bonds. The molecule has 1 N–H and O–H groups in total. The highest BCUT2D eigenvalue weighted by molar-refractivity contribution is 6.31. The van der Waals surface area contributed by atoms with Crippen LogP contribution in [0.25, 0.3) is 0 Å². The van der Waals surface area contributed by atoms with Gasteiger partial charge >= 0.3 is 0 Å². The predicted molar refractivity (Wildman–Crippen MR) is 53.5 cm³/mol. The zero-order valence-electron chi connectivity index (χ0n) is 7.80. The number of halogens is 2. The summed E-state index contributed by atoms with van der Waals surface area (Å²) >= 11 is 5.56. The Balaban J connectivity index is 2.13. The van der Waals surface area contributed by atoms with E-state index in [1.165, 1.54) is 18.2 Å². The maximum atomic E-state index is 13.4. The van der Waals surface area contributed by atoms with E-state index < -0.39 is 11.7 Å². The topological polar surface area (TPSA) is 38.3 Å². The fourth-order valence-electron chi connectivity index (χ4n) is 1.26. The van der Waals surface area contributed by atoms with Gasteiger partial charge in [0.1, 0.15) is 0 Å². The first-order chi connectivity index (χ1) is 7.18. The third kappa shape index (κ3) is 2.11. The summed E-state index contributed by atoms with van der Waals surface area (Å²) in [6.45, 7) is 0.960. The van der Waals surface area contributed by atoms with Crippen LogP contribution in [0.4, 0.5) is 4.39 Å². The molecule has 1 fully saturated rings. The van der Waals surface area contributed by atoms with Crippen LogP contribution >= 0.6 is 11.6 Å². The number of hydrogen-bond donors (Lipinski definition) is 1. The van der Waals surface area contributed by atoms with Gasteiger partial charge in [0.05, 0.1) is 29.8 Å². The first-order valence-electron chi connectivity index (χ1n) is 4.51. The second-order valence-corrected chi connectivity index (χ2v) is 3.72. The lowest BCUT2D eigenvalue weighted by molar-refractivity contribution is -0.00352. The van der Waals surface area contributed by atoms with Crippen LogP contribution in [0.1, 0.15) is 10.4 Å². The number of nitrogens with one attached hydrogen (secondary N) is 1. The van der Waals surface area contributed by atoms with E-state index in [-0.39, 0.29) is 16.6 Å². The summed E-state index contributed by atoms with van der Waals surface area (Å²) < 4.78 is 18.3. The van der Waals surface area contributed by atoms with E-state index in [0.29, 0.717) is 13.2 Å². The molecule has 0 saturated carbocycles. The highest BCUT2D eigenvalue weighted by atomic mass is 35.5. The largest absolute Gasteiger partial charge is 0.377 e. The number of benzene rings is 1. The summed E-state index contributed by atoms with van der Waals surface area (Å²) in [5.41, 5.74) is -0.0330. The van der Waals surface area contributed by atoms with Crippen molar-refractivity contribution in [2.24, 2.45) is 0 Å². The monoisotopic (exact) mass is 229 g/mol. The van der Waals surface area contributed by atoms with Crippen LogP contribution in [0.15, 0.2) is 18.2 Å². The zero-order valence-corrected chi connectivity index (χ0v) is 8.55. The Bertz CT molecular complexity index is 393. The van der Waals surface area contributed by atoms with Crippen molar-refractivity contribution >= 4 is 17.5 Å². The van der Waals surface area contributed by atoms with Gasteiger partial charge in [-0.2, -0.15) is 0 Å². The van der Waals surface area contributed by atoms with Gasteiger partial charge in [0.15, 0.2) is 5.82 Å². The van der Waals surface area contributed by atoms with Crippen molar-refractivity contribution in [3.05, 3.63) is 34.6 Å². The molecule has 2 rings (SSSR count). The molecule has 0 atom stereocenters. The van der Waals surface area contributed by atoms with Crippen LogP contribution < -0.4 is 5.32 Å². The molecule has 1 aromatic rings. The first-order valence-corrected chi connectivity index (χ1v) is 4.89. The fourth-order valence-corrected chi connectivity index (χ4v) is 1.44. The molecule has 0 radical (unpaired) electrons. The van der Waals surface area contributed by atoms with Crippen LogP contribution in [0, 0.1) is 5.82 Å². The van der Waals surface area contributed by atoms with Gasteiger partial charge < -0.3 is 10.1 Å². The second kappa shape index (κ2) is 4.16. The normalized spacial score (nSPS) is 15.9. The fraction of sp³-hybridized carbons (Fsp3) is 0.300. The molecule has 0 aromatic heterocycles. The van der Waals surface area contributed by atoms with Gasteiger partial charge in [-0.1, -0.05) is 17.7 Å². The molecule has 1 aliphatic heterocycles. The Morgan fingerprint density at radius 2 is 2.27 bits per heavy atom. The van der Waals surface area contributed by atoms with Gasteiger partial charge in [-0.15, -0.1) is 0 Å². The Morgan fingerprint density at radius 3 is 2.87 bits per heavy atom. The SMILES string of the molecule is O=C(NC1COC1)c1cccc(Cl)c1F. The van der Waals surface area contributed by atoms with Crippen molar-refractivity contribution in [1.29, 1.82) is 0 Å². The van der Waals surface area contributed by atoms with E-state index in [4.69, 9.17) is 16.3 Å². The van der Waals surface area contributed by atoms with Crippen LogP contribution in [0.5, 0.6) is 0 Å². The second-order valence-electron chi connectivity index (χ2n) is 3.31. The molecule has 1 aliphatic rings. The summed E-state index contributed by atoms with van der Waals surface area (Å²) in [6.07, 6.45) is 0. The number of hydrogen-bond acceptors (Lipinski definition) is 2. The van der Waals surface area contributed by atoms with Crippen LogP contribution in [0.2, 0.25) is 5.02 Å². The minimum Gasteiger partial charge on any atom is -0.377 e. The standard InChI is InChI=1S/C10H9ClFNO2/c11-8-3-1-2-7(9(8)12)10(14)13-6-4-15-5-6/h1-3,6H,4-5H2,(H,13,14). The molecule has 0 bridgehead atoms. The number of ether oxygens (including phenoxy) is 1. The van der Waals surface area contributed by atoms with E-state index in [2.05, 4.69) is 5.32 Å². The number of carbonyl (C=O) groups excluding carboxylic acids is 1. The average molecular weight is 230 g/mol. The summed E-state index contributed by atoms with van der Waals surface area (Å²) in [4.78, 5) is 11.6. The Hall–Kier alpha value is -1.13. The quantitative estimate of drug-likeness (QED) is 0.837. The molecule has 3 nitrogen and oxygen atoms in total. The Kier molecular flexibility index (Phi) is 2.88. The van der Waals surface area contributed by atoms with Crippen molar-refractivity contribution in [2.45, 2.75) is 6.04 Å². The van der Waals surface area contributed by atoms with E-state index in [1.807, 2.05) is 0 Å². The van der Waals surface area contributed by atoms with Crippen molar-refractivity contribution in [2.75, 3.05) is 13.2 Å². The summed E-state index contributed by atoms with van der Waals surface area (Å²) in [5.74, 6) is -1.14. The van der Waals surface area contributed by atoms with E-state index in [1.54, 1.807) is 0 Å². The van der Waals surface area contributed by atoms with Gasteiger partial charge in [0, 0.05) is 0 Å². The average Bonchev–Trinajstić information content (AvgIpc) is 2.15. The molecule has 0 aliphatic carbocycles. The minimum absolute atomic E-state index is 0.0177. The molecule has 80 valence electrons. The zero-order chi connectivity index (χ0) is 10.8. The van der Waals surface area contributed by atoms with Crippen LogP contribution in [-0.2, 0) is 4.74 Å². The lowest BCUT2D eigenvalue weighted by atomic mass is 10.1. The maximum Gasteiger partial charge on any atom is 0.254 e. The molecule has 1 saturated heterocycles. The van der Waals surface area contributed by atoms with Gasteiger partial charge in [-0.05, 0) is 12.1 Å². The van der Waals surface area contributed by atoms with E-state index in [0.717, 1.165) is 0 Å². The smallest absolute Gasteiger partial charge is 0.254 e.